The van der Waals surface area contributed by atoms with Crippen LogP contribution in [0.5, 0.6) is 0 Å². The van der Waals surface area contributed by atoms with Crippen molar-refractivity contribution in [3.05, 3.63) is 46.6 Å². The third-order valence-corrected chi connectivity index (χ3v) is 3.82. The van der Waals surface area contributed by atoms with Gasteiger partial charge in [0.1, 0.15) is 17.1 Å². The lowest BCUT2D eigenvalue weighted by Gasteiger charge is -2.34. The molecule has 6 heteroatoms. The van der Waals surface area contributed by atoms with E-state index in [4.69, 9.17) is 22.1 Å². The Kier molecular flexibility index (Phi) is 3.94. The number of nitrogens with two attached hydrogens (primary N) is 1. The summed E-state index contributed by atoms with van der Waals surface area (Å²) in [7, 11) is 0. The number of halogens is 1. The number of nitrogen functional groups attached to an aromatic ring is 1. The van der Waals surface area contributed by atoms with Gasteiger partial charge in [0.25, 0.3) is 0 Å². The van der Waals surface area contributed by atoms with Crippen molar-refractivity contribution in [2.45, 2.75) is 13.0 Å². The van der Waals surface area contributed by atoms with Crippen LogP contribution in [0.3, 0.4) is 0 Å². The van der Waals surface area contributed by atoms with Gasteiger partial charge in [-0.25, -0.2) is 4.98 Å². The Morgan fingerprint density at radius 2 is 2.14 bits per heavy atom. The minimum absolute atomic E-state index is 0.0231. The summed E-state index contributed by atoms with van der Waals surface area (Å²) in [5, 5.41) is 0.358. The van der Waals surface area contributed by atoms with E-state index >= 15 is 0 Å². The highest BCUT2D eigenvalue weighted by atomic mass is 35.5. The topological polar surface area (TPSA) is 64.3 Å². The van der Waals surface area contributed by atoms with Crippen LogP contribution in [0, 0.1) is 6.92 Å². The third-order valence-electron chi connectivity index (χ3n) is 3.62. The second-order valence-electron chi connectivity index (χ2n) is 5.07. The van der Waals surface area contributed by atoms with Crippen LogP contribution in [0.15, 0.2) is 30.3 Å². The van der Waals surface area contributed by atoms with Crippen molar-refractivity contribution in [2.24, 2.45) is 0 Å². The molecule has 0 spiro atoms. The Bertz CT molecular complexity index is 629. The summed E-state index contributed by atoms with van der Waals surface area (Å²) in [6, 6.07) is 9.99. The van der Waals surface area contributed by atoms with E-state index in [2.05, 4.69) is 33.9 Å². The third kappa shape index (κ3) is 3.09. The van der Waals surface area contributed by atoms with E-state index in [9.17, 15) is 0 Å². The first-order chi connectivity index (χ1) is 10.1. The van der Waals surface area contributed by atoms with Gasteiger partial charge < -0.3 is 15.4 Å². The predicted octanol–water partition coefficient (Wildman–Crippen LogP) is 2.60. The maximum Gasteiger partial charge on any atom is 0.223 e. The maximum absolute atomic E-state index is 5.96. The SMILES string of the molecule is Cc1ccccc1C1CN(c2cc(Cl)nc(N)n2)CCO1. The standard InChI is InChI=1S/C15H17ClN4O/c1-10-4-2-3-5-11(10)12-9-20(6-7-21-12)14-8-13(16)18-15(17)19-14/h2-5,8,12H,6-7,9H2,1H3,(H2,17,18,19). The minimum Gasteiger partial charge on any atom is -0.370 e. The number of rotatable bonds is 2. The van der Waals surface area contributed by atoms with E-state index in [0.29, 0.717) is 11.8 Å². The molecule has 1 aliphatic rings. The van der Waals surface area contributed by atoms with Crippen LogP contribution < -0.4 is 10.6 Å². The van der Waals surface area contributed by atoms with E-state index in [0.717, 1.165) is 18.9 Å². The quantitative estimate of drug-likeness (QED) is 0.864. The van der Waals surface area contributed by atoms with Gasteiger partial charge in [-0.05, 0) is 18.1 Å². The van der Waals surface area contributed by atoms with Crippen LogP contribution in [-0.4, -0.2) is 29.7 Å². The Morgan fingerprint density at radius 3 is 2.90 bits per heavy atom. The zero-order valence-electron chi connectivity index (χ0n) is 11.8. The lowest BCUT2D eigenvalue weighted by molar-refractivity contribution is 0.0391. The molecule has 0 aliphatic carbocycles. The lowest BCUT2D eigenvalue weighted by Crippen LogP contribution is -2.39. The molecular formula is C15H17ClN4O. The van der Waals surface area contributed by atoms with Crippen LogP contribution in [0.2, 0.25) is 5.15 Å². The molecule has 1 aliphatic heterocycles. The van der Waals surface area contributed by atoms with Gasteiger partial charge in [-0.15, -0.1) is 0 Å². The fourth-order valence-electron chi connectivity index (χ4n) is 2.58. The molecule has 1 saturated heterocycles. The summed E-state index contributed by atoms with van der Waals surface area (Å²) < 4.78 is 5.91. The van der Waals surface area contributed by atoms with Crippen LogP contribution in [0.1, 0.15) is 17.2 Å². The largest absolute Gasteiger partial charge is 0.370 e. The Hall–Kier alpha value is -1.85. The first-order valence-electron chi connectivity index (χ1n) is 6.85. The summed E-state index contributed by atoms with van der Waals surface area (Å²) >= 11 is 5.96. The zero-order chi connectivity index (χ0) is 14.8. The predicted molar refractivity (Wildman–Crippen MR) is 83.5 cm³/mol. The summed E-state index contributed by atoms with van der Waals surface area (Å²) in [6.45, 7) is 4.21. The molecule has 2 heterocycles. The normalized spacial score (nSPS) is 18.8. The number of benzene rings is 1. The second kappa shape index (κ2) is 5.87. The maximum atomic E-state index is 5.96. The molecule has 0 bridgehead atoms. The van der Waals surface area contributed by atoms with Gasteiger partial charge >= 0.3 is 0 Å². The number of ether oxygens (including phenoxy) is 1. The number of hydrogen-bond acceptors (Lipinski definition) is 5. The van der Waals surface area contributed by atoms with Crippen molar-refractivity contribution in [1.29, 1.82) is 0 Å². The molecule has 5 nitrogen and oxygen atoms in total. The van der Waals surface area contributed by atoms with Gasteiger partial charge in [0.15, 0.2) is 0 Å². The Balaban J connectivity index is 1.84. The molecule has 0 saturated carbocycles. The molecule has 21 heavy (non-hydrogen) atoms. The molecule has 1 unspecified atom stereocenters. The summed E-state index contributed by atoms with van der Waals surface area (Å²) in [5.41, 5.74) is 8.10. The molecule has 2 N–H and O–H groups in total. The van der Waals surface area contributed by atoms with E-state index < -0.39 is 0 Å². The first kappa shape index (κ1) is 14.1. The van der Waals surface area contributed by atoms with E-state index in [1.165, 1.54) is 11.1 Å². The van der Waals surface area contributed by atoms with Gasteiger partial charge in [0.2, 0.25) is 5.95 Å². The van der Waals surface area contributed by atoms with Crippen molar-refractivity contribution < 1.29 is 4.74 Å². The molecule has 3 rings (SSSR count). The van der Waals surface area contributed by atoms with Crippen molar-refractivity contribution in [3.8, 4) is 0 Å². The first-order valence-corrected chi connectivity index (χ1v) is 7.23. The molecule has 1 aromatic carbocycles. The van der Waals surface area contributed by atoms with Gasteiger partial charge in [-0.2, -0.15) is 4.98 Å². The van der Waals surface area contributed by atoms with Crippen molar-refractivity contribution in [3.63, 3.8) is 0 Å². The summed E-state index contributed by atoms with van der Waals surface area (Å²) in [4.78, 5) is 10.3. The van der Waals surface area contributed by atoms with Crippen LogP contribution in [-0.2, 0) is 4.74 Å². The number of anilines is 2. The summed E-state index contributed by atoms with van der Waals surface area (Å²) in [6.07, 6.45) is 0.0231. The lowest BCUT2D eigenvalue weighted by atomic mass is 10.0. The van der Waals surface area contributed by atoms with Crippen molar-refractivity contribution >= 4 is 23.4 Å². The average molecular weight is 305 g/mol. The molecule has 0 radical (unpaired) electrons. The number of morpholine rings is 1. The van der Waals surface area contributed by atoms with E-state index in [1.807, 2.05) is 12.1 Å². The van der Waals surface area contributed by atoms with Crippen LogP contribution in [0.25, 0.3) is 0 Å². The van der Waals surface area contributed by atoms with Gasteiger partial charge in [0.05, 0.1) is 6.61 Å². The fourth-order valence-corrected chi connectivity index (χ4v) is 2.76. The van der Waals surface area contributed by atoms with E-state index in [-0.39, 0.29) is 12.1 Å². The Morgan fingerprint density at radius 1 is 1.33 bits per heavy atom. The van der Waals surface area contributed by atoms with Gasteiger partial charge in [0, 0.05) is 19.2 Å². The molecule has 110 valence electrons. The number of aromatic nitrogens is 2. The molecular weight excluding hydrogens is 288 g/mol. The summed E-state index contributed by atoms with van der Waals surface area (Å²) in [5.74, 6) is 0.936. The zero-order valence-corrected chi connectivity index (χ0v) is 12.5. The number of hydrogen-bond donors (Lipinski definition) is 1. The monoisotopic (exact) mass is 304 g/mol. The van der Waals surface area contributed by atoms with Crippen LogP contribution >= 0.6 is 11.6 Å². The highest BCUT2D eigenvalue weighted by Gasteiger charge is 2.24. The highest BCUT2D eigenvalue weighted by Crippen LogP contribution is 2.28. The van der Waals surface area contributed by atoms with Gasteiger partial charge in [-0.1, -0.05) is 35.9 Å². The molecule has 2 aromatic rings. The van der Waals surface area contributed by atoms with Gasteiger partial charge in [-0.3, -0.25) is 0 Å². The molecule has 1 fully saturated rings. The highest BCUT2D eigenvalue weighted by molar-refractivity contribution is 6.29. The van der Waals surface area contributed by atoms with Crippen molar-refractivity contribution in [1.82, 2.24) is 9.97 Å². The average Bonchev–Trinajstić information content (AvgIpc) is 2.47. The Labute approximate surface area is 128 Å². The van der Waals surface area contributed by atoms with Crippen molar-refractivity contribution in [2.75, 3.05) is 30.3 Å². The minimum atomic E-state index is 0.0231. The van der Waals surface area contributed by atoms with Crippen LogP contribution in [0.4, 0.5) is 11.8 Å². The molecule has 1 atom stereocenters. The smallest absolute Gasteiger partial charge is 0.223 e. The number of nitrogens with zero attached hydrogens (tertiary/aromatic N) is 3. The second-order valence-corrected chi connectivity index (χ2v) is 5.46. The molecule has 1 aromatic heterocycles. The molecule has 0 amide bonds. The fraction of sp³-hybridized carbons (Fsp3) is 0.333. The van der Waals surface area contributed by atoms with E-state index in [1.54, 1.807) is 6.07 Å². The number of aryl methyl sites for hydroxylation is 1.